The number of carbonyl (C=O) groups is 2. The van der Waals surface area contributed by atoms with Crippen LogP contribution in [0.25, 0.3) is 10.9 Å². The molecule has 1 N–H and O–H groups in total. The molecule has 26 heavy (non-hydrogen) atoms. The van der Waals surface area contributed by atoms with Crippen LogP contribution in [0.1, 0.15) is 49.8 Å². The first-order valence-electron chi connectivity index (χ1n) is 8.82. The lowest BCUT2D eigenvalue weighted by molar-refractivity contribution is -0.125. The number of aromatic nitrogens is 2. The highest BCUT2D eigenvalue weighted by Gasteiger charge is 2.20. The number of hydrogen-bond donors (Lipinski definition) is 1. The summed E-state index contributed by atoms with van der Waals surface area (Å²) < 4.78 is 6.77. The Morgan fingerprint density at radius 1 is 1.35 bits per heavy atom. The van der Waals surface area contributed by atoms with E-state index in [0.29, 0.717) is 17.4 Å². The van der Waals surface area contributed by atoms with Gasteiger partial charge in [0, 0.05) is 18.5 Å². The molecule has 1 aromatic heterocycles. The molecule has 1 aromatic carbocycles. The van der Waals surface area contributed by atoms with E-state index in [-0.39, 0.29) is 29.2 Å². The molecular formula is C19H23N3O4. The highest BCUT2D eigenvalue weighted by atomic mass is 16.5. The van der Waals surface area contributed by atoms with Gasteiger partial charge in [0.25, 0.3) is 11.5 Å². The minimum atomic E-state index is -0.612. The van der Waals surface area contributed by atoms with Gasteiger partial charge >= 0.3 is 5.97 Å². The van der Waals surface area contributed by atoms with Gasteiger partial charge in [-0.3, -0.25) is 14.2 Å². The van der Waals surface area contributed by atoms with Crippen molar-refractivity contribution >= 4 is 22.8 Å². The first-order valence-corrected chi connectivity index (χ1v) is 8.82. The number of amides is 1. The summed E-state index contributed by atoms with van der Waals surface area (Å²) in [6.45, 7) is 6.11. The zero-order valence-electron chi connectivity index (χ0n) is 15.3. The van der Waals surface area contributed by atoms with E-state index in [1.807, 2.05) is 20.8 Å². The van der Waals surface area contributed by atoms with E-state index in [0.717, 1.165) is 25.1 Å². The van der Waals surface area contributed by atoms with Crippen LogP contribution in [0.5, 0.6) is 0 Å². The van der Waals surface area contributed by atoms with E-state index < -0.39 is 5.97 Å². The van der Waals surface area contributed by atoms with Crippen LogP contribution in [0.4, 0.5) is 0 Å². The number of fused-ring (bicyclic) bond motifs is 2. The number of esters is 1. The SMILES string of the molecule is CCC(C)(C)NC(=O)COC(=O)c1ccc2c(=O)n3c(nc2c1)CCC3. The normalized spacial score (nSPS) is 13.5. The molecule has 3 rings (SSSR count). The van der Waals surface area contributed by atoms with E-state index in [1.165, 1.54) is 6.07 Å². The number of hydrogen-bond acceptors (Lipinski definition) is 5. The molecule has 2 heterocycles. The van der Waals surface area contributed by atoms with Crippen molar-refractivity contribution in [3.05, 3.63) is 39.9 Å². The number of ether oxygens (including phenoxy) is 1. The van der Waals surface area contributed by atoms with Gasteiger partial charge in [-0.15, -0.1) is 0 Å². The molecule has 0 unspecified atom stereocenters. The lowest BCUT2D eigenvalue weighted by atomic mass is 10.0. The quantitative estimate of drug-likeness (QED) is 0.824. The van der Waals surface area contributed by atoms with Crippen LogP contribution in [-0.4, -0.2) is 33.6 Å². The summed E-state index contributed by atoms with van der Waals surface area (Å²) in [5.41, 5.74) is 0.325. The molecule has 2 aromatic rings. The van der Waals surface area contributed by atoms with Crippen molar-refractivity contribution in [1.29, 1.82) is 0 Å². The lowest BCUT2D eigenvalue weighted by Crippen LogP contribution is -2.44. The summed E-state index contributed by atoms with van der Waals surface area (Å²) in [4.78, 5) is 41.0. The summed E-state index contributed by atoms with van der Waals surface area (Å²) in [5.74, 6) is -0.215. The van der Waals surface area contributed by atoms with Gasteiger partial charge < -0.3 is 10.1 Å². The topological polar surface area (TPSA) is 90.3 Å². The van der Waals surface area contributed by atoms with Gasteiger partial charge in [0.1, 0.15) is 5.82 Å². The van der Waals surface area contributed by atoms with Gasteiger partial charge in [-0.25, -0.2) is 9.78 Å². The van der Waals surface area contributed by atoms with E-state index in [2.05, 4.69) is 10.3 Å². The number of carbonyl (C=O) groups excluding carboxylic acids is 2. The van der Waals surface area contributed by atoms with Gasteiger partial charge in [-0.1, -0.05) is 6.92 Å². The fourth-order valence-electron chi connectivity index (χ4n) is 2.93. The van der Waals surface area contributed by atoms with Gasteiger partial charge in [-0.2, -0.15) is 0 Å². The first-order chi connectivity index (χ1) is 12.3. The Bertz CT molecular complexity index is 930. The first kappa shape index (κ1) is 18.1. The van der Waals surface area contributed by atoms with E-state index >= 15 is 0 Å². The monoisotopic (exact) mass is 357 g/mol. The number of benzene rings is 1. The average molecular weight is 357 g/mol. The van der Waals surface area contributed by atoms with E-state index in [1.54, 1.807) is 16.7 Å². The molecule has 7 heteroatoms. The van der Waals surface area contributed by atoms with Gasteiger partial charge in [0.2, 0.25) is 0 Å². The van der Waals surface area contributed by atoms with Gasteiger partial charge in [-0.05, 0) is 44.9 Å². The van der Waals surface area contributed by atoms with Crippen molar-refractivity contribution in [2.75, 3.05) is 6.61 Å². The Morgan fingerprint density at radius 2 is 2.12 bits per heavy atom. The smallest absolute Gasteiger partial charge is 0.338 e. The third kappa shape index (κ3) is 3.61. The number of rotatable bonds is 5. The molecule has 1 aliphatic heterocycles. The van der Waals surface area contributed by atoms with Crippen molar-refractivity contribution in [3.8, 4) is 0 Å². The van der Waals surface area contributed by atoms with E-state index in [4.69, 9.17) is 4.74 Å². The number of nitrogens with zero attached hydrogens (tertiary/aromatic N) is 2. The van der Waals surface area contributed by atoms with Crippen LogP contribution in [-0.2, 0) is 22.5 Å². The zero-order valence-corrected chi connectivity index (χ0v) is 15.3. The van der Waals surface area contributed by atoms with Crippen molar-refractivity contribution in [2.45, 2.75) is 52.1 Å². The molecule has 0 fully saturated rings. The molecule has 1 aliphatic rings. The van der Waals surface area contributed by atoms with Crippen LogP contribution in [0.2, 0.25) is 0 Å². The second-order valence-electron chi connectivity index (χ2n) is 7.18. The molecule has 7 nitrogen and oxygen atoms in total. The van der Waals surface area contributed by atoms with Crippen LogP contribution >= 0.6 is 0 Å². The van der Waals surface area contributed by atoms with Gasteiger partial charge in [0.05, 0.1) is 16.5 Å². The maximum Gasteiger partial charge on any atom is 0.338 e. The van der Waals surface area contributed by atoms with Crippen LogP contribution in [0, 0.1) is 0 Å². The molecule has 0 aliphatic carbocycles. The summed E-state index contributed by atoms with van der Waals surface area (Å²) in [5, 5.41) is 3.29. The summed E-state index contributed by atoms with van der Waals surface area (Å²) in [6.07, 6.45) is 2.42. The summed E-state index contributed by atoms with van der Waals surface area (Å²) >= 11 is 0. The van der Waals surface area contributed by atoms with Crippen LogP contribution in [0.3, 0.4) is 0 Å². The number of nitrogens with one attached hydrogen (secondary N) is 1. The van der Waals surface area contributed by atoms with E-state index in [9.17, 15) is 14.4 Å². The highest BCUT2D eigenvalue weighted by molar-refractivity contribution is 5.95. The molecule has 1 amide bonds. The molecule has 0 saturated carbocycles. The molecule has 138 valence electrons. The standard InChI is InChI=1S/C19H23N3O4/c1-4-19(2,3)21-16(23)11-26-18(25)12-7-8-13-14(10-12)20-15-6-5-9-22(15)17(13)24/h7-8,10H,4-6,9,11H2,1-3H3,(H,21,23). The molecule has 0 saturated heterocycles. The third-order valence-electron chi connectivity index (χ3n) is 4.75. The van der Waals surface area contributed by atoms with Crippen molar-refractivity contribution in [1.82, 2.24) is 14.9 Å². The van der Waals surface area contributed by atoms with Crippen molar-refractivity contribution < 1.29 is 14.3 Å². The minimum absolute atomic E-state index is 0.0800. The Kier molecular flexibility index (Phi) is 4.80. The van der Waals surface area contributed by atoms with Crippen molar-refractivity contribution in [2.24, 2.45) is 0 Å². The lowest BCUT2D eigenvalue weighted by Gasteiger charge is -2.24. The van der Waals surface area contributed by atoms with Crippen LogP contribution in [0.15, 0.2) is 23.0 Å². The minimum Gasteiger partial charge on any atom is -0.452 e. The summed E-state index contributed by atoms with van der Waals surface area (Å²) in [6, 6.07) is 4.67. The predicted molar refractivity (Wildman–Crippen MR) is 97.1 cm³/mol. The highest BCUT2D eigenvalue weighted by Crippen LogP contribution is 2.16. The zero-order chi connectivity index (χ0) is 18.9. The Balaban J connectivity index is 1.74. The van der Waals surface area contributed by atoms with Crippen molar-refractivity contribution in [3.63, 3.8) is 0 Å². The maximum absolute atomic E-state index is 12.4. The second kappa shape index (κ2) is 6.90. The number of aryl methyl sites for hydroxylation is 1. The van der Waals surface area contributed by atoms with Crippen LogP contribution < -0.4 is 10.9 Å². The fraction of sp³-hybridized carbons (Fsp3) is 0.474. The molecule has 0 bridgehead atoms. The average Bonchev–Trinajstić information content (AvgIpc) is 3.07. The third-order valence-corrected chi connectivity index (χ3v) is 4.75. The molecule has 0 radical (unpaired) electrons. The maximum atomic E-state index is 12.4. The fourth-order valence-corrected chi connectivity index (χ4v) is 2.93. The predicted octanol–water partition coefficient (Wildman–Crippen LogP) is 1.80. The Hall–Kier alpha value is -2.70. The molecule has 0 spiro atoms. The molecular weight excluding hydrogens is 334 g/mol. The Labute approximate surface area is 151 Å². The second-order valence-corrected chi connectivity index (χ2v) is 7.18. The van der Waals surface area contributed by atoms with Gasteiger partial charge in [0.15, 0.2) is 6.61 Å². The Morgan fingerprint density at radius 3 is 2.85 bits per heavy atom. The largest absolute Gasteiger partial charge is 0.452 e. The summed E-state index contributed by atoms with van der Waals surface area (Å²) in [7, 11) is 0. The molecule has 0 atom stereocenters.